The minimum atomic E-state index is -0.305. The molecule has 4 nitrogen and oxygen atoms in total. The Morgan fingerprint density at radius 1 is 1.47 bits per heavy atom. The predicted octanol–water partition coefficient (Wildman–Crippen LogP) is 3.26. The van der Waals surface area contributed by atoms with Crippen LogP contribution in [0.5, 0.6) is 0 Å². The van der Waals surface area contributed by atoms with Gasteiger partial charge < -0.3 is 11.1 Å². The summed E-state index contributed by atoms with van der Waals surface area (Å²) in [5.41, 5.74) is 7.01. The van der Waals surface area contributed by atoms with Crippen molar-refractivity contribution in [1.29, 1.82) is 0 Å². The molecule has 0 aromatic carbocycles. The second-order valence-corrected chi connectivity index (χ2v) is 6.74. The van der Waals surface area contributed by atoms with Gasteiger partial charge in [0.1, 0.15) is 0 Å². The lowest BCUT2D eigenvalue weighted by atomic mass is 9.80. The summed E-state index contributed by atoms with van der Waals surface area (Å²) in [7, 11) is 0. The Labute approximate surface area is 118 Å². The van der Waals surface area contributed by atoms with Gasteiger partial charge in [-0.05, 0) is 18.8 Å². The van der Waals surface area contributed by atoms with Crippen LogP contribution in [0.15, 0.2) is 5.38 Å². The van der Waals surface area contributed by atoms with Gasteiger partial charge in [-0.3, -0.25) is 4.79 Å². The number of amides is 1. The van der Waals surface area contributed by atoms with Gasteiger partial charge in [-0.2, -0.15) is 0 Å². The topological polar surface area (TPSA) is 68.0 Å². The first kappa shape index (κ1) is 14.5. The molecule has 3 N–H and O–H groups in total. The number of aromatic nitrogens is 1. The number of nitrogens with zero attached hydrogens (tertiary/aromatic N) is 1. The molecule has 0 aliphatic heterocycles. The Bertz CT molecular complexity index is 436. The Kier molecular flexibility index (Phi) is 4.58. The third-order valence-electron chi connectivity index (χ3n) is 3.72. The highest BCUT2D eigenvalue weighted by Gasteiger charge is 2.30. The standard InChI is InChI=1S/C14H23N3OS/c1-10(2)11-9-19-13(16-11)17-12(18)8-14(15)6-4-3-5-7-14/h9-10H,3-8,15H2,1-2H3,(H,16,17,18). The molecule has 1 aromatic rings. The van der Waals surface area contributed by atoms with Gasteiger partial charge in [0.2, 0.25) is 5.91 Å². The van der Waals surface area contributed by atoms with Crippen LogP contribution in [0.1, 0.15) is 64.0 Å². The van der Waals surface area contributed by atoms with Crippen LogP contribution in [0.25, 0.3) is 0 Å². The Morgan fingerprint density at radius 3 is 2.74 bits per heavy atom. The van der Waals surface area contributed by atoms with E-state index in [2.05, 4.69) is 24.1 Å². The van der Waals surface area contributed by atoms with E-state index in [-0.39, 0.29) is 11.4 Å². The van der Waals surface area contributed by atoms with Crippen LogP contribution in [0.4, 0.5) is 5.13 Å². The molecule has 1 saturated carbocycles. The van der Waals surface area contributed by atoms with Crippen LogP contribution in [0.2, 0.25) is 0 Å². The number of carbonyl (C=O) groups is 1. The molecule has 0 radical (unpaired) electrons. The number of carbonyl (C=O) groups excluding carboxylic acids is 1. The normalized spacial score (nSPS) is 18.5. The molecule has 106 valence electrons. The highest BCUT2D eigenvalue weighted by Crippen LogP contribution is 2.29. The number of nitrogens with two attached hydrogens (primary N) is 1. The van der Waals surface area contributed by atoms with Crippen LogP contribution in [0.3, 0.4) is 0 Å². The first-order valence-electron chi connectivity index (χ1n) is 7.03. The van der Waals surface area contributed by atoms with Gasteiger partial charge in [-0.15, -0.1) is 11.3 Å². The summed E-state index contributed by atoms with van der Waals surface area (Å²) in [5.74, 6) is 0.384. The monoisotopic (exact) mass is 281 g/mol. The molecule has 2 rings (SSSR count). The molecular formula is C14H23N3OS. The third-order valence-corrected chi connectivity index (χ3v) is 4.50. The summed E-state index contributed by atoms with van der Waals surface area (Å²) in [6.45, 7) is 4.19. The van der Waals surface area contributed by atoms with Gasteiger partial charge in [0.15, 0.2) is 5.13 Å². The molecule has 1 fully saturated rings. The molecular weight excluding hydrogens is 258 g/mol. The molecule has 1 amide bonds. The van der Waals surface area contributed by atoms with Crippen LogP contribution in [-0.4, -0.2) is 16.4 Å². The van der Waals surface area contributed by atoms with Crippen molar-refractivity contribution in [3.05, 3.63) is 11.1 Å². The van der Waals surface area contributed by atoms with Crippen LogP contribution in [-0.2, 0) is 4.79 Å². The highest BCUT2D eigenvalue weighted by atomic mass is 32.1. The van der Waals surface area contributed by atoms with E-state index in [0.717, 1.165) is 31.4 Å². The maximum atomic E-state index is 12.0. The SMILES string of the molecule is CC(C)c1csc(NC(=O)CC2(N)CCCCC2)n1. The van der Waals surface area contributed by atoms with E-state index in [1.54, 1.807) is 0 Å². The van der Waals surface area contributed by atoms with Gasteiger partial charge in [0.25, 0.3) is 0 Å². The average Bonchev–Trinajstić information content (AvgIpc) is 2.77. The Balaban J connectivity index is 1.89. The van der Waals surface area contributed by atoms with E-state index in [0.29, 0.717) is 17.5 Å². The summed E-state index contributed by atoms with van der Waals surface area (Å²) in [5, 5.41) is 5.57. The fourth-order valence-corrected chi connectivity index (χ4v) is 3.41. The molecule has 1 aromatic heterocycles. The lowest BCUT2D eigenvalue weighted by molar-refractivity contribution is -0.117. The fraction of sp³-hybridized carbons (Fsp3) is 0.714. The van der Waals surface area contributed by atoms with Crippen molar-refractivity contribution in [3.8, 4) is 0 Å². The number of hydrogen-bond acceptors (Lipinski definition) is 4. The van der Waals surface area contributed by atoms with Crippen molar-refractivity contribution in [2.24, 2.45) is 5.73 Å². The first-order valence-corrected chi connectivity index (χ1v) is 7.91. The summed E-state index contributed by atoms with van der Waals surface area (Å²) in [4.78, 5) is 16.5. The molecule has 5 heteroatoms. The average molecular weight is 281 g/mol. The second-order valence-electron chi connectivity index (χ2n) is 5.88. The van der Waals surface area contributed by atoms with Gasteiger partial charge in [-0.25, -0.2) is 4.98 Å². The van der Waals surface area contributed by atoms with Gasteiger partial charge in [0.05, 0.1) is 5.69 Å². The van der Waals surface area contributed by atoms with E-state index >= 15 is 0 Å². The van der Waals surface area contributed by atoms with Crippen LogP contribution >= 0.6 is 11.3 Å². The summed E-state index contributed by atoms with van der Waals surface area (Å²) in [6.07, 6.45) is 5.83. The number of hydrogen-bond donors (Lipinski definition) is 2. The molecule has 1 aliphatic carbocycles. The molecule has 0 saturated heterocycles. The quantitative estimate of drug-likeness (QED) is 0.890. The lowest BCUT2D eigenvalue weighted by Crippen LogP contribution is -2.44. The molecule has 1 aliphatic rings. The molecule has 0 spiro atoms. The summed E-state index contributed by atoms with van der Waals surface area (Å²) in [6, 6.07) is 0. The number of rotatable bonds is 4. The fourth-order valence-electron chi connectivity index (χ4n) is 2.52. The number of thiazole rings is 1. The molecule has 0 atom stereocenters. The lowest BCUT2D eigenvalue weighted by Gasteiger charge is -2.32. The molecule has 0 bridgehead atoms. The molecule has 19 heavy (non-hydrogen) atoms. The maximum absolute atomic E-state index is 12.0. The van der Waals surface area contributed by atoms with Crippen molar-refractivity contribution < 1.29 is 4.79 Å². The van der Waals surface area contributed by atoms with Crippen LogP contribution < -0.4 is 11.1 Å². The van der Waals surface area contributed by atoms with E-state index in [1.807, 2.05) is 5.38 Å². The zero-order valence-corrected chi connectivity index (χ0v) is 12.6. The van der Waals surface area contributed by atoms with Crippen molar-refractivity contribution in [2.45, 2.75) is 63.8 Å². The van der Waals surface area contributed by atoms with Crippen molar-refractivity contribution in [1.82, 2.24) is 4.98 Å². The first-order chi connectivity index (χ1) is 8.98. The second kappa shape index (κ2) is 6.01. The van der Waals surface area contributed by atoms with Gasteiger partial charge in [0, 0.05) is 17.3 Å². The van der Waals surface area contributed by atoms with Crippen molar-refractivity contribution in [2.75, 3.05) is 5.32 Å². The molecule has 1 heterocycles. The highest BCUT2D eigenvalue weighted by molar-refractivity contribution is 7.13. The minimum absolute atomic E-state index is 0.00550. The van der Waals surface area contributed by atoms with Gasteiger partial charge in [-0.1, -0.05) is 33.1 Å². The minimum Gasteiger partial charge on any atom is -0.325 e. The van der Waals surface area contributed by atoms with E-state index in [9.17, 15) is 4.79 Å². The van der Waals surface area contributed by atoms with E-state index < -0.39 is 0 Å². The zero-order chi connectivity index (χ0) is 13.9. The Hall–Kier alpha value is -0.940. The Morgan fingerprint density at radius 2 is 2.16 bits per heavy atom. The largest absolute Gasteiger partial charge is 0.325 e. The maximum Gasteiger partial charge on any atom is 0.228 e. The van der Waals surface area contributed by atoms with Crippen molar-refractivity contribution in [3.63, 3.8) is 0 Å². The number of anilines is 1. The van der Waals surface area contributed by atoms with E-state index in [4.69, 9.17) is 5.73 Å². The van der Waals surface area contributed by atoms with Crippen molar-refractivity contribution >= 4 is 22.4 Å². The van der Waals surface area contributed by atoms with E-state index in [1.165, 1.54) is 17.8 Å². The predicted molar refractivity (Wildman–Crippen MR) is 79.5 cm³/mol. The molecule has 0 unspecified atom stereocenters. The van der Waals surface area contributed by atoms with Gasteiger partial charge >= 0.3 is 0 Å². The zero-order valence-electron chi connectivity index (χ0n) is 11.7. The van der Waals surface area contributed by atoms with Crippen LogP contribution in [0, 0.1) is 0 Å². The third kappa shape index (κ3) is 4.01. The summed E-state index contributed by atoms with van der Waals surface area (Å²) >= 11 is 1.48. The number of nitrogens with one attached hydrogen (secondary N) is 1. The summed E-state index contributed by atoms with van der Waals surface area (Å²) < 4.78 is 0. The smallest absolute Gasteiger partial charge is 0.228 e.